The predicted octanol–water partition coefficient (Wildman–Crippen LogP) is 14.4. The van der Waals surface area contributed by atoms with Crippen LogP contribution in [0.5, 0.6) is 5.75 Å². The molecule has 2 aromatic heterocycles. The maximum absolute atomic E-state index is 11.9. The molecular formula is C55H47N3O. The zero-order valence-electron chi connectivity index (χ0n) is 44.5. The molecule has 9 rings (SSSR count). The summed E-state index contributed by atoms with van der Waals surface area (Å²) in [6.45, 7) is -9.03. The van der Waals surface area contributed by atoms with Gasteiger partial charge in [-0.15, -0.1) is 0 Å². The number of rotatable bonds is 7. The smallest absolute Gasteiger partial charge is 0.149 e. The van der Waals surface area contributed by atoms with Crippen LogP contribution in [0, 0.1) is 20.7 Å². The lowest BCUT2D eigenvalue weighted by Crippen LogP contribution is -2.12. The molecule has 59 heavy (non-hydrogen) atoms. The fraction of sp³-hybridized carbons (Fsp3) is 0.127. The monoisotopic (exact) mass is 777 g/mol. The SMILES string of the molecule is [2H]C([2H])([2H])c1ccc(-c2ccnc(-c3cc(-c4ccccc4)cc(-c4cccc5c4nc(-c4cc(C)cc(C)c4O)n5-c4ccc(C(C([2H])([2H])[2H])(C([2H])([2H])[2H])C([2H])([2H])[2H])cc4-c4ccccc4)c3)c2)cc1. The summed E-state index contributed by atoms with van der Waals surface area (Å²) in [6, 6.07) is 49.1. The van der Waals surface area contributed by atoms with E-state index in [0.717, 1.165) is 38.9 Å². The number of aryl methyl sites for hydroxylation is 3. The number of pyridine rings is 1. The van der Waals surface area contributed by atoms with Crippen LogP contribution in [-0.2, 0) is 5.41 Å². The Labute approximate surface area is 364 Å². The number of aromatic nitrogens is 3. The number of aromatic hydroxyl groups is 1. The molecule has 0 saturated carbocycles. The van der Waals surface area contributed by atoms with Crippen LogP contribution in [0.2, 0.25) is 0 Å². The van der Waals surface area contributed by atoms with Gasteiger partial charge in [-0.3, -0.25) is 9.55 Å². The zero-order chi connectivity index (χ0) is 50.8. The fourth-order valence-corrected chi connectivity index (χ4v) is 7.86. The first-order valence-electron chi connectivity index (χ1n) is 25.3. The molecule has 0 unspecified atom stereocenters. The minimum Gasteiger partial charge on any atom is -0.507 e. The van der Waals surface area contributed by atoms with Crippen molar-refractivity contribution in [3.05, 3.63) is 192 Å². The van der Waals surface area contributed by atoms with Gasteiger partial charge < -0.3 is 5.11 Å². The average molecular weight is 778 g/mol. The first kappa shape index (κ1) is 26.1. The fourth-order valence-electron chi connectivity index (χ4n) is 7.86. The van der Waals surface area contributed by atoms with Gasteiger partial charge >= 0.3 is 0 Å². The summed E-state index contributed by atoms with van der Waals surface area (Å²) in [4.78, 5) is 10.2. The van der Waals surface area contributed by atoms with Crippen molar-refractivity contribution in [1.29, 1.82) is 0 Å². The van der Waals surface area contributed by atoms with Crippen LogP contribution in [0.3, 0.4) is 0 Å². The van der Waals surface area contributed by atoms with Crippen LogP contribution in [0.1, 0.15) is 59.3 Å². The summed E-state index contributed by atoms with van der Waals surface area (Å²) in [5, 5.41) is 11.9. The molecule has 1 N–H and O–H groups in total. The van der Waals surface area contributed by atoms with Gasteiger partial charge in [0, 0.05) is 39.3 Å². The Bertz CT molecular complexity index is 3410. The quantitative estimate of drug-likeness (QED) is 0.175. The van der Waals surface area contributed by atoms with E-state index in [-0.39, 0.29) is 11.3 Å². The second-order valence-electron chi connectivity index (χ2n) is 14.9. The summed E-state index contributed by atoms with van der Waals surface area (Å²) >= 11 is 0. The lowest BCUT2D eigenvalue weighted by atomic mass is 9.85. The van der Waals surface area contributed by atoms with Crippen LogP contribution < -0.4 is 0 Å². The van der Waals surface area contributed by atoms with Crippen molar-refractivity contribution in [3.63, 3.8) is 0 Å². The molecule has 0 amide bonds. The maximum atomic E-state index is 11.9. The molecule has 0 spiro atoms. The van der Waals surface area contributed by atoms with E-state index < -0.39 is 38.4 Å². The predicted molar refractivity (Wildman–Crippen MR) is 246 cm³/mol. The molecule has 0 saturated heterocycles. The Morgan fingerprint density at radius 2 is 1.25 bits per heavy atom. The molecule has 0 atom stereocenters. The molecule has 0 bridgehead atoms. The van der Waals surface area contributed by atoms with Crippen molar-refractivity contribution >= 4 is 11.0 Å². The van der Waals surface area contributed by atoms with E-state index in [1.54, 1.807) is 67.7 Å². The van der Waals surface area contributed by atoms with E-state index in [2.05, 4.69) is 12.1 Å². The van der Waals surface area contributed by atoms with E-state index in [0.29, 0.717) is 56.1 Å². The minimum absolute atomic E-state index is 0.0230. The van der Waals surface area contributed by atoms with E-state index >= 15 is 0 Å². The zero-order valence-corrected chi connectivity index (χ0v) is 32.5. The van der Waals surface area contributed by atoms with Gasteiger partial charge in [-0.25, -0.2) is 4.98 Å². The minimum atomic E-state index is -3.50. The van der Waals surface area contributed by atoms with Gasteiger partial charge in [-0.05, 0) is 131 Å². The van der Waals surface area contributed by atoms with Gasteiger partial charge in [-0.2, -0.15) is 0 Å². The molecule has 9 aromatic rings. The van der Waals surface area contributed by atoms with E-state index in [1.807, 2.05) is 90.4 Å². The molecule has 0 fully saturated rings. The van der Waals surface area contributed by atoms with Gasteiger partial charge in [-0.1, -0.05) is 135 Å². The van der Waals surface area contributed by atoms with E-state index in [9.17, 15) is 5.11 Å². The highest BCUT2D eigenvalue weighted by atomic mass is 16.3. The van der Waals surface area contributed by atoms with Crippen molar-refractivity contribution in [1.82, 2.24) is 14.5 Å². The Hall–Kier alpha value is -7.04. The second-order valence-corrected chi connectivity index (χ2v) is 14.9. The summed E-state index contributed by atoms with van der Waals surface area (Å²) in [7, 11) is 0. The third-order valence-corrected chi connectivity index (χ3v) is 10.8. The number of phenols is 1. The van der Waals surface area contributed by atoms with Gasteiger partial charge in [0.25, 0.3) is 0 Å². The molecule has 0 radical (unpaired) electrons. The van der Waals surface area contributed by atoms with E-state index in [4.69, 9.17) is 26.4 Å². The third-order valence-electron chi connectivity index (χ3n) is 10.8. The Kier molecular flexibility index (Phi) is 6.64. The molecule has 0 aliphatic carbocycles. The topological polar surface area (TPSA) is 50.9 Å². The highest BCUT2D eigenvalue weighted by Gasteiger charge is 2.25. The Morgan fingerprint density at radius 3 is 2.00 bits per heavy atom. The Morgan fingerprint density at radius 1 is 0.542 bits per heavy atom. The van der Waals surface area contributed by atoms with Gasteiger partial charge in [0.1, 0.15) is 11.6 Å². The molecule has 288 valence electrons. The molecule has 7 aromatic carbocycles. The summed E-state index contributed by atoms with van der Waals surface area (Å²) in [5.74, 6) is 0.291. The number of fused-ring (bicyclic) bond motifs is 1. The van der Waals surface area contributed by atoms with Crippen molar-refractivity contribution < 1.29 is 21.6 Å². The molecule has 2 heterocycles. The number of hydrogen-bond donors (Lipinski definition) is 1. The Balaban J connectivity index is 1.33. The van der Waals surface area contributed by atoms with Crippen LogP contribution >= 0.6 is 0 Å². The lowest BCUT2D eigenvalue weighted by Gasteiger charge is -2.23. The first-order chi connectivity index (χ1) is 33.5. The summed E-state index contributed by atoms with van der Waals surface area (Å²) in [6.07, 6.45) is 1.72. The van der Waals surface area contributed by atoms with Crippen molar-refractivity contribution in [2.24, 2.45) is 0 Å². The van der Waals surface area contributed by atoms with Crippen molar-refractivity contribution in [2.45, 2.75) is 46.7 Å². The molecule has 4 heteroatoms. The van der Waals surface area contributed by atoms with Gasteiger partial charge in [0.2, 0.25) is 0 Å². The third kappa shape index (κ3) is 7.23. The summed E-state index contributed by atoms with van der Waals surface area (Å²) in [5.41, 5.74) is 7.20. The van der Waals surface area contributed by atoms with Crippen LogP contribution in [0.15, 0.2) is 170 Å². The number of para-hydroxylation sites is 1. The largest absolute Gasteiger partial charge is 0.507 e. The number of imidazole rings is 1. The lowest BCUT2D eigenvalue weighted by molar-refractivity contribution is 0.472. The molecular weight excluding hydrogens is 719 g/mol. The highest BCUT2D eigenvalue weighted by Crippen LogP contribution is 2.43. The molecule has 4 nitrogen and oxygen atoms in total. The molecule has 0 aliphatic heterocycles. The van der Waals surface area contributed by atoms with Crippen LogP contribution in [0.4, 0.5) is 0 Å². The standard InChI is InChI=1S/C55H47N3O/c1-35-20-22-39(23-21-35)41-26-27-56-49(33-41)44-31-42(38-14-9-7-10-15-38)30-43(32-44)46-18-13-19-51-52(46)57-54(48-29-36(2)28-37(3)53(48)59)58(51)50-25-24-45(55(4,5)6)34-47(50)40-16-11-8-12-17-40/h7-34,59H,1-6H3/i1D3,4D3,5D3,6D3. The number of benzene rings is 7. The normalized spacial score (nSPS) is 15.5. The van der Waals surface area contributed by atoms with Crippen LogP contribution in [0.25, 0.3) is 83.9 Å². The van der Waals surface area contributed by atoms with Gasteiger partial charge in [0.05, 0.1) is 28.0 Å². The molecule has 0 aliphatic rings. The number of hydrogen-bond acceptors (Lipinski definition) is 3. The highest BCUT2D eigenvalue weighted by molar-refractivity contribution is 5.98. The maximum Gasteiger partial charge on any atom is 0.149 e. The van der Waals surface area contributed by atoms with E-state index in [1.165, 1.54) is 18.2 Å². The first-order valence-corrected chi connectivity index (χ1v) is 19.3. The second kappa shape index (κ2) is 15.0. The number of nitrogens with zero attached hydrogens (tertiary/aromatic N) is 3. The van der Waals surface area contributed by atoms with Crippen molar-refractivity contribution in [3.8, 4) is 78.6 Å². The summed E-state index contributed by atoms with van der Waals surface area (Å²) < 4.78 is 102. The average Bonchev–Trinajstić information content (AvgIpc) is 3.71. The van der Waals surface area contributed by atoms with Crippen molar-refractivity contribution in [2.75, 3.05) is 0 Å². The van der Waals surface area contributed by atoms with Crippen LogP contribution in [-0.4, -0.2) is 19.6 Å². The van der Waals surface area contributed by atoms with Gasteiger partial charge in [0.15, 0.2) is 0 Å². The number of phenolic OH excluding ortho intramolecular Hbond substituents is 1.